The summed E-state index contributed by atoms with van der Waals surface area (Å²) in [6.07, 6.45) is 4.97. The molecule has 7 nitrogen and oxygen atoms in total. The lowest BCUT2D eigenvalue weighted by molar-refractivity contribution is -0.121. The summed E-state index contributed by atoms with van der Waals surface area (Å²) in [5, 5.41) is 9.52. The molecule has 1 aromatic rings. The van der Waals surface area contributed by atoms with Crippen LogP contribution in [-0.2, 0) is 4.79 Å². The number of carbonyl (C=O) groups excluding carboxylic acids is 1. The van der Waals surface area contributed by atoms with E-state index < -0.39 is 0 Å². The SMILES string of the molecule is CCNC(=NCC1COc2ccccc2O1)NCCC(=O)NC1CCCC1.I. The molecule has 1 atom stereocenters. The smallest absolute Gasteiger partial charge is 0.221 e. The quantitative estimate of drug-likeness (QED) is 0.303. The Balaban J connectivity index is 0.00000280. The molecule has 1 aliphatic carbocycles. The van der Waals surface area contributed by atoms with Gasteiger partial charge in [-0.15, -0.1) is 24.0 Å². The lowest BCUT2D eigenvalue weighted by Gasteiger charge is -2.25. The maximum atomic E-state index is 12.0. The molecule has 1 heterocycles. The molecule has 28 heavy (non-hydrogen) atoms. The Kier molecular flexibility index (Phi) is 9.66. The third-order valence-electron chi connectivity index (χ3n) is 4.73. The number of nitrogens with zero attached hydrogens (tertiary/aromatic N) is 1. The molecule has 0 saturated heterocycles. The highest BCUT2D eigenvalue weighted by molar-refractivity contribution is 14.0. The summed E-state index contributed by atoms with van der Waals surface area (Å²) in [6, 6.07) is 8.02. The Morgan fingerprint density at radius 1 is 1.18 bits per heavy atom. The van der Waals surface area contributed by atoms with Crippen molar-refractivity contribution in [3.8, 4) is 11.5 Å². The van der Waals surface area contributed by atoms with Crippen LogP contribution >= 0.6 is 24.0 Å². The largest absolute Gasteiger partial charge is 0.486 e. The molecule has 1 unspecified atom stereocenters. The van der Waals surface area contributed by atoms with Crippen LogP contribution in [-0.4, -0.2) is 50.3 Å². The van der Waals surface area contributed by atoms with E-state index in [0.717, 1.165) is 30.9 Å². The summed E-state index contributed by atoms with van der Waals surface area (Å²) in [5.41, 5.74) is 0. The molecule has 3 rings (SSSR count). The molecule has 156 valence electrons. The Morgan fingerprint density at radius 3 is 2.68 bits per heavy atom. The zero-order valence-electron chi connectivity index (χ0n) is 16.4. The molecule has 1 saturated carbocycles. The van der Waals surface area contributed by atoms with Crippen molar-refractivity contribution in [1.29, 1.82) is 0 Å². The topological polar surface area (TPSA) is 84.0 Å². The van der Waals surface area contributed by atoms with Crippen molar-refractivity contribution in [3.05, 3.63) is 24.3 Å². The van der Waals surface area contributed by atoms with Crippen LogP contribution in [0.4, 0.5) is 0 Å². The van der Waals surface area contributed by atoms with Crippen LogP contribution in [0.5, 0.6) is 11.5 Å². The number of guanidine groups is 1. The number of halogens is 1. The fraction of sp³-hybridized carbons (Fsp3) is 0.600. The van der Waals surface area contributed by atoms with Crippen LogP contribution in [0.1, 0.15) is 39.0 Å². The van der Waals surface area contributed by atoms with E-state index in [-0.39, 0.29) is 36.0 Å². The lowest BCUT2D eigenvalue weighted by Crippen LogP contribution is -2.41. The van der Waals surface area contributed by atoms with Crippen molar-refractivity contribution in [3.63, 3.8) is 0 Å². The number of nitrogens with one attached hydrogen (secondary N) is 3. The van der Waals surface area contributed by atoms with E-state index in [2.05, 4.69) is 20.9 Å². The number of hydrogen-bond donors (Lipinski definition) is 3. The van der Waals surface area contributed by atoms with Crippen molar-refractivity contribution in [2.45, 2.75) is 51.2 Å². The highest BCUT2D eigenvalue weighted by Gasteiger charge is 2.20. The number of rotatable bonds is 7. The minimum Gasteiger partial charge on any atom is -0.486 e. The minimum absolute atomic E-state index is 0. The van der Waals surface area contributed by atoms with Crippen LogP contribution in [0.15, 0.2) is 29.3 Å². The molecular weight excluding hydrogens is 471 g/mol. The van der Waals surface area contributed by atoms with Gasteiger partial charge < -0.3 is 25.4 Å². The Labute approximate surface area is 184 Å². The number of aliphatic imine (C=N–C) groups is 1. The average Bonchev–Trinajstić information content (AvgIpc) is 3.19. The molecule has 1 aliphatic heterocycles. The first-order chi connectivity index (χ1) is 13.2. The first kappa shape index (κ1) is 22.6. The number of amides is 1. The highest BCUT2D eigenvalue weighted by Crippen LogP contribution is 2.30. The van der Waals surface area contributed by atoms with Crippen LogP contribution in [0.2, 0.25) is 0 Å². The summed E-state index contributed by atoms with van der Waals surface area (Å²) >= 11 is 0. The highest BCUT2D eigenvalue weighted by atomic mass is 127. The second-order valence-electron chi connectivity index (χ2n) is 6.94. The molecule has 0 spiro atoms. The van der Waals surface area contributed by atoms with E-state index in [9.17, 15) is 4.79 Å². The third kappa shape index (κ3) is 7.03. The van der Waals surface area contributed by atoms with Gasteiger partial charge in [0.2, 0.25) is 5.91 Å². The molecule has 1 fully saturated rings. The standard InChI is InChI=1S/C20H30N4O3.HI/c1-2-21-20(22-12-11-19(25)24-15-7-3-4-8-15)23-13-16-14-26-17-9-5-6-10-18(17)27-16;/h5-6,9-10,15-16H,2-4,7-8,11-14H2,1H3,(H,24,25)(H2,21,22,23);1H. The fourth-order valence-electron chi connectivity index (χ4n) is 3.35. The number of fused-ring (bicyclic) bond motifs is 1. The van der Waals surface area contributed by atoms with E-state index in [0.29, 0.717) is 38.1 Å². The van der Waals surface area contributed by atoms with Crippen LogP contribution in [0.3, 0.4) is 0 Å². The second-order valence-corrected chi connectivity index (χ2v) is 6.94. The van der Waals surface area contributed by atoms with Crippen LogP contribution in [0.25, 0.3) is 0 Å². The van der Waals surface area contributed by atoms with Crippen molar-refractivity contribution in [1.82, 2.24) is 16.0 Å². The lowest BCUT2D eigenvalue weighted by atomic mass is 10.2. The van der Waals surface area contributed by atoms with E-state index >= 15 is 0 Å². The molecular formula is C20H31IN4O3. The summed E-state index contributed by atoms with van der Waals surface area (Å²) in [6.45, 7) is 4.28. The second kappa shape index (κ2) is 12.0. The van der Waals surface area contributed by atoms with Gasteiger partial charge in [-0.1, -0.05) is 25.0 Å². The molecule has 2 aliphatic rings. The summed E-state index contributed by atoms with van der Waals surface area (Å²) in [5.74, 6) is 2.32. The normalized spacial score (nSPS) is 18.9. The number of benzene rings is 1. The van der Waals surface area contributed by atoms with Crippen molar-refractivity contribution in [2.75, 3.05) is 26.2 Å². The number of hydrogen-bond acceptors (Lipinski definition) is 4. The fourth-order valence-corrected chi connectivity index (χ4v) is 3.35. The Bertz CT molecular complexity index is 650. The molecule has 0 radical (unpaired) electrons. The van der Waals surface area contributed by atoms with Gasteiger partial charge in [-0.05, 0) is 31.9 Å². The van der Waals surface area contributed by atoms with Crippen molar-refractivity contribution in [2.24, 2.45) is 4.99 Å². The van der Waals surface area contributed by atoms with Gasteiger partial charge in [0.25, 0.3) is 0 Å². The average molecular weight is 502 g/mol. The van der Waals surface area contributed by atoms with Crippen molar-refractivity contribution < 1.29 is 14.3 Å². The molecule has 0 bridgehead atoms. The minimum atomic E-state index is -0.124. The third-order valence-corrected chi connectivity index (χ3v) is 4.73. The van der Waals surface area contributed by atoms with Crippen LogP contribution < -0.4 is 25.4 Å². The zero-order chi connectivity index (χ0) is 18.9. The van der Waals surface area contributed by atoms with E-state index in [4.69, 9.17) is 9.47 Å². The monoisotopic (exact) mass is 502 g/mol. The molecule has 1 amide bonds. The molecule has 0 aromatic heterocycles. The zero-order valence-corrected chi connectivity index (χ0v) is 18.7. The van der Waals surface area contributed by atoms with Crippen LogP contribution in [0, 0.1) is 0 Å². The van der Waals surface area contributed by atoms with E-state index in [1.807, 2.05) is 31.2 Å². The molecule has 1 aromatic carbocycles. The first-order valence-electron chi connectivity index (χ1n) is 9.94. The van der Waals surface area contributed by atoms with Gasteiger partial charge >= 0.3 is 0 Å². The van der Waals surface area contributed by atoms with E-state index in [1.165, 1.54) is 12.8 Å². The maximum absolute atomic E-state index is 12.0. The Morgan fingerprint density at radius 2 is 1.93 bits per heavy atom. The summed E-state index contributed by atoms with van der Waals surface area (Å²) in [4.78, 5) is 16.6. The van der Waals surface area contributed by atoms with Gasteiger partial charge in [0, 0.05) is 25.6 Å². The number of carbonyl (C=O) groups is 1. The number of para-hydroxylation sites is 2. The first-order valence-corrected chi connectivity index (χ1v) is 9.94. The van der Waals surface area contributed by atoms with Crippen molar-refractivity contribution >= 4 is 35.8 Å². The van der Waals surface area contributed by atoms with Gasteiger partial charge in [-0.3, -0.25) is 4.79 Å². The van der Waals surface area contributed by atoms with Gasteiger partial charge in [-0.2, -0.15) is 0 Å². The predicted octanol–water partition coefficient (Wildman–Crippen LogP) is 2.45. The Hall–Kier alpha value is -1.71. The van der Waals surface area contributed by atoms with E-state index in [1.54, 1.807) is 0 Å². The summed E-state index contributed by atoms with van der Waals surface area (Å²) < 4.78 is 11.6. The van der Waals surface area contributed by atoms with Gasteiger partial charge in [0.1, 0.15) is 6.61 Å². The van der Waals surface area contributed by atoms with Gasteiger partial charge in [0.05, 0.1) is 6.54 Å². The predicted molar refractivity (Wildman–Crippen MR) is 121 cm³/mol. The van der Waals surface area contributed by atoms with Gasteiger partial charge in [0.15, 0.2) is 23.6 Å². The van der Waals surface area contributed by atoms with Gasteiger partial charge in [-0.25, -0.2) is 4.99 Å². The molecule has 3 N–H and O–H groups in total. The molecule has 8 heteroatoms. The number of ether oxygens (including phenoxy) is 2. The summed E-state index contributed by atoms with van der Waals surface area (Å²) in [7, 11) is 0. The maximum Gasteiger partial charge on any atom is 0.221 e.